The molecule has 1 N–H and O–H groups in total. The summed E-state index contributed by atoms with van der Waals surface area (Å²) in [5.74, 6) is -0.469. The van der Waals surface area contributed by atoms with Crippen LogP contribution in [0.3, 0.4) is 0 Å². The normalized spacial score (nSPS) is 20.5. The number of amides is 1. The molecule has 1 saturated carbocycles. The highest BCUT2D eigenvalue weighted by molar-refractivity contribution is 6.62. The number of carbonyl (C=O) groups excluding carboxylic acids is 1. The highest BCUT2D eigenvalue weighted by atomic mass is 16.7. The molecular weight excluding hydrogens is 449 g/mol. The molecule has 1 aromatic rings. The molecule has 2 aliphatic rings. The minimum atomic E-state index is -1.06. The Morgan fingerprint density at radius 3 is 2.29 bits per heavy atom. The molecule has 1 aromatic carbocycles. The van der Waals surface area contributed by atoms with Gasteiger partial charge in [-0.15, -0.1) is 0 Å². The minimum absolute atomic E-state index is 0.135. The van der Waals surface area contributed by atoms with E-state index in [1.807, 2.05) is 52.0 Å². The highest BCUT2D eigenvalue weighted by Gasteiger charge is 2.51. The maximum atomic E-state index is 13.0. The van der Waals surface area contributed by atoms with E-state index in [2.05, 4.69) is 0 Å². The van der Waals surface area contributed by atoms with Crippen molar-refractivity contribution in [1.82, 2.24) is 4.90 Å². The molecule has 8 nitrogen and oxygen atoms in total. The Morgan fingerprint density at radius 2 is 1.74 bits per heavy atom. The molecule has 3 rings (SSSR count). The summed E-state index contributed by atoms with van der Waals surface area (Å²) in [6.07, 6.45) is 3.06. The van der Waals surface area contributed by atoms with Crippen LogP contribution in [0.5, 0.6) is 5.75 Å². The number of carboxylic acid groups (broad SMARTS) is 1. The van der Waals surface area contributed by atoms with Gasteiger partial charge in [0, 0.05) is 12.5 Å². The Kier molecular flexibility index (Phi) is 8.11. The van der Waals surface area contributed by atoms with Crippen LogP contribution in [0, 0.1) is 0 Å². The smallest absolute Gasteiger partial charge is 0.494 e. The number of hydrogen-bond acceptors (Lipinski definition) is 6. The topological polar surface area (TPSA) is 94.5 Å². The number of carboxylic acids is 1. The molecule has 1 aliphatic carbocycles. The number of benzene rings is 1. The Hall–Kier alpha value is -2.26. The zero-order valence-corrected chi connectivity index (χ0v) is 22.1. The van der Waals surface area contributed by atoms with Crippen LogP contribution in [0.1, 0.15) is 80.6 Å². The lowest BCUT2D eigenvalue weighted by molar-refractivity contribution is -0.144. The van der Waals surface area contributed by atoms with Crippen LogP contribution in [0.25, 0.3) is 0 Å². The molecule has 1 amide bonds. The quantitative estimate of drug-likeness (QED) is 0.542. The molecule has 2 fully saturated rings. The largest absolute Gasteiger partial charge is 0.494 e. The predicted octanol–water partition coefficient (Wildman–Crippen LogP) is 4.39. The van der Waals surface area contributed by atoms with Crippen molar-refractivity contribution in [3.05, 3.63) is 24.3 Å². The number of ether oxygens (including phenoxy) is 2. The summed E-state index contributed by atoms with van der Waals surface area (Å²) in [5.41, 5.74) is -0.776. The van der Waals surface area contributed by atoms with Gasteiger partial charge in [-0.25, -0.2) is 9.59 Å². The van der Waals surface area contributed by atoms with Crippen molar-refractivity contribution >= 4 is 24.6 Å². The summed E-state index contributed by atoms with van der Waals surface area (Å²) in [6, 6.07) is 6.26. The number of hydrogen-bond donors (Lipinski definition) is 1. The van der Waals surface area contributed by atoms with E-state index in [-0.39, 0.29) is 19.1 Å². The first-order chi connectivity index (χ1) is 16.2. The fourth-order valence-electron chi connectivity index (χ4n) is 4.43. The van der Waals surface area contributed by atoms with E-state index in [4.69, 9.17) is 18.8 Å². The molecule has 1 atom stereocenters. The van der Waals surface area contributed by atoms with Gasteiger partial charge in [-0.05, 0) is 78.9 Å². The van der Waals surface area contributed by atoms with Crippen LogP contribution in [0.15, 0.2) is 24.3 Å². The highest BCUT2D eigenvalue weighted by Crippen LogP contribution is 2.36. The van der Waals surface area contributed by atoms with Gasteiger partial charge in [-0.3, -0.25) is 4.90 Å². The molecule has 9 heteroatoms. The second-order valence-electron chi connectivity index (χ2n) is 11.5. The van der Waals surface area contributed by atoms with Crippen molar-refractivity contribution in [1.29, 1.82) is 0 Å². The maximum Gasteiger partial charge on any atom is 0.494 e. The summed E-state index contributed by atoms with van der Waals surface area (Å²) in [4.78, 5) is 26.6. The summed E-state index contributed by atoms with van der Waals surface area (Å²) >= 11 is 0. The van der Waals surface area contributed by atoms with Gasteiger partial charge in [0.2, 0.25) is 0 Å². The van der Waals surface area contributed by atoms with E-state index in [1.165, 1.54) is 4.90 Å². The van der Waals surface area contributed by atoms with Gasteiger partial charge in [-0.1, -0.05) is 25.0 Å². The van der Waals surface area contributed by atoms with Crippen molar-refractivity contribution in [3.63, 3.8) is 0 Å². The molecule has 194 valence electrons. The Morgan fingerprint density at radius 1 is 1.14 bits per heavy atom. The van der Waals surface area contributed by atoms with Gasteiger partial charge in [-0.2, -0.15) is 0 Å². The lowest BCUT2D eigenvalue weighted by atomic mass is 9.79. The van der Waals surface area contributed by atoms with Crippen LogP contribution in [0.2, 0.25) is 0 Å². The second-order valence-corrected chi connectivity index (χ2v) is 11.5. The molecule has 1 saturated heterocycles. The summed E-state index contributed by atoms with van der Waals surface area (Å²) < 4.78 is 23.7. The fraction of sp³-hybridized carbons (Fsp3) is 0.692. The van der Waals surface area contributed by atoms with Gasteiger partial charge in [0.25, 0.3) is 0 Å². The molecule has 0 spiro atoms. The SMILES string of the molecule is CC(C)(C)OC(=O)N(C1CCCC1)[C@@H](CCOc1cccc(B2OC(C)(C)C(C)(C)O2)c1)C(=O)O. The third-order valence-corrected chi connectivity index (χ3v) is 6.99. The molecular formula is C26H40BNO7. The average molecular weight is 489 g/mol. The van der Waals surface area contributed by atoms with Crippen LogP contribution >= 0.6 is 0 Å². The zero-order chi connectivity index (χ0) is 26.0. The third-order valence-electron chi connectivity index (χ3n) is 6.99. The standard InChI is InChI=1S/C26H40BNO7/c1-24(2,3)33-23(31)28(19-12-8-9-13-19)21(22(29)30)15-16-32-20-14-10-11-18(17-20)27-34-25(4,5)26(6,7)35-27/h10-11,14,17,19,21H,8-9,12-13,15-16H2,1-7H3,(H,29,30)/t21-/m0/s1. The van der Waals surface area contributed by atoms with Crippen LogP contribution < -0.4 is 10.2 Å². The molecule has 0 bridgehead atoms. The lowest BCUT2D eigenvalue weighted by Gasteiger charge is -2.35. The first-order valence-corrected chi connectivity index (χ1v) is 12.5. The Labute approximate surface area is 209 Å². The maximum absolute atomic E-state index is 13.0. The number of rotatable bonds is 8. The van der Waals surface area contributed by atoms with E-state index in [0.29, 0.717) is 5.75 Å². The van der Waals surface area contributed by atoms with E-state index in [1.54, 1.807) is 20.8 Å². The van der Waals surface area contributed by atoms with Crippen LogP contribution in [0.4, 0.5) is 4.79 Å². The van der Waals surface area contributed by atoms with E-state index in [0.717, 1.165) is 31.1 Å². The zero-order valence-electron chi connectivity index (χ0n) is 22.1. The van der Waals surface area contributed by atoms with Crippen molar-refractivity contribution in [2.24, 2.45) is 0 Å². The van der Waals surface area contributed by atoms with Crippen LogP contribution in [-0.2, 0) is 18.8 Å². The first kappa shape index (κ1) is 27.3. The van der Waals surface area contributed by atoms with Gasteiger partial charge >= 0.3 is 19.2 Å². The minimum Gasteiger partial charge on any atom is -0.494 e. The molecule has 0 aromatic heterocycles. The van der Waals surface area contributed by atoms with Crippen molar-refractivity contribution in [2.75, 3.05) is 6.61 Å². The molecule has 0 radical (unpaired) electrons. The number of carbonyl (C=O) groups is 2. The average Bonchev–Trinajstić information content (AvgIpc) is 3.32. The monoisotopic (exact) mass is 489 g/mol. The van der Waals surface area contributed by atoms with Crippen molar-refractivity contribution < 1.29 is 33.5 Å². The Balaban J connectivity index is 1.68. The van der Waals surface area contributed by atoms with Crippen LogP contribution in [-0.4, -0.2) is 64.7 Å². The van der Waals surface area contributed by atoms with Gasteiger partial charge in [0.1, 0.15) is 17.4 Å². The number of nitrogens with zero attached hydrogens (tertiary/aromatic N) is 1. The van der Waals surface area contributed by atoms with E-state index < -0.39 is 42.0 Å². The molecule has 35 heavy (non-hydrogen) atoms. The van der Waals surface area contributed by atoms with Gasteiger partial charge in [0.15, 0.2) is 0 Å². The summed E-state index contributed by atoms with van der Waals surface area (Å²) in [5, 5.41) is 10.00. The Bertz CT molecular complexity index is 889. The first-order valence-electron chi connectivity index (χ1n) is 12.5. The van der Waals surface area contributed by atoms with Crippen molar-refractivity contribution in [2.45, 2.75) is 109 Å². The third kappa shape index (κ3) is 6.70. The predicted molar refractivity (Wildman–Crippen MR) is 134 cm³/mol. The molecule has 1 heterocycles. The summed E-state index contributed by atoms with van der Waals surface area (Å²) in [6.45, 7) is 13.5. The molecule has 1 aliphatic heterocycles. The lowest BCUT2D eigenvalue weighted by Crippen LogP contribution is -2.52. The summed E-state index contributed by atoms with van der Waals surface area (Å²) in [7, 11) is -0.514. The van der Waals surface area contributed by atoms with Crippen molar-refractivity contribution in [3.8, 4) is 5.75 Å². The van der Waals surface area contributed by atoms with Gasteiger partial charge < -0.3 is 23.9 Å². The fourth-order valence-corrected chi connectivity index (χ4v) is 4.43. The number of aliphatic carboxylic acids is 1. The van der Waals surface area contributed by atoms with E-state index in [9.17, 15) is 14.7 Å². The van der Waals surface area contributed by atoms with E-state index >= 15 is 0 Å². The second kappa shape index (κ2) is 10.4. The molecule has 0 unspecified atom stereocenters. The van der Waals surface area contributed by atoms with Gasteiger partial charge in [0.05, 0.1) is 17.8 Å².